The first-order valence-electron chi connectivity index (χ1n) is 7.22. The lowest BCUT2D eigenvalue weighted by Gasteiger charge is -2.42. The van der Waals surface area contributed by atoms with Crippen LogP contribution in [0.3, 0.4) is 0 Å². The van der Waals surface area contributed by atoms with Gasteiger partial charge in [0.25, 0.3) is 0 Å². The number of carbonyl (C=O) groups is 1. The molecule has 0 saturated heterocycles. The van der Waals surface area contributed by atoms with E-state index in [0.29, 0.717) is 6.42 Å². The molecule has 1 aliphatic carbocycles. The van der Waals surface area contributed by atoms with Crippen LogP contribution in [0.4, 0.5) is 0 Å². The molecule has 1 N–H and O–H groups in total. The molecule has 1 aliphatic rings. The van der Waals surface area contributed by atoms with E-state index in [0.717, 1.165) is 19.3 Å². The van der Waals surface area contributed by atoms with E-state index in [9.17, 15) is 4.79 Å². The second kappa shape index (κ2) is 6.23. The van der Waals surface area contributed by atoms with E-state index in [1.807, 2.05) is 0 Å². The summed E-state index contributed by atoms with van der Waals surface area (Å²) in [5.41, 5.74) is -0.765. The van der Waals surface area contributed by atoms with Crippen molar-refractivity contribution in [3.8, 4) is 0 Å². The van der Waals surface area contributed by atoms with Gasteiger partial charge in [-0.2, -0.15) is 0 Å². The fraction of sp³-hybridized carbons (Fsp3) is 0.933. The van der Waals surface area contributed by atoms with E-state index < -0.39 is 5.54 Å². The van der Waals surface area contributed by atoms with Crippen LogP contribution in [0.2, 0.25) is 0 Å². The second-order valence-corrected chi connectivity index (χ2v) is 6.82. The quantitative estimate of drug-likeness (QED) is 0.799. The molecule has 0 heterocycles. The lowest BCUT2D eigenvalue weighted by Crippen LogP contribution is -2.59. The molecule has 2 atom stereocenters. The molecule has 0 aromatic carbocycles. The molecule has 0 radical (unpaired) electrons. The smallest absolute Gasteiger partial charge is 0.326 e. The summed E-state index contributed by atoms with van der Waals surface area (Å²) in [6, 6.07) is 0.243. The number of methoxy groups -OCH3 is 1. The molecule has 1 saturated carbocycles. The summed E-state index contributed by atoms with van der Waals surface area (Å²) >= 11 is 0. The van der Waals surface area contributed by atoms with Crippen molar-refractivity contribution in [2.45, 2.75) is 83.6 Å². The molecule has 1 rings (SSSR count). The minimum atomic E-state index is -0.586. The van der Waals surface area contributed by atoms with E-state index >= 15 is 0 Å². The van der Waals surface area contributed by atoms with Crippen molar-refractivity contribution in [2.75, 3.05) is 7.11 Å². The topological polar surface area (TPSA) is 47.6 Å². The first kappa shape index (κ1) is 16.4. The molecule has 19 heavy (non-hydrogen) atoms. The number of ether oxygens (including phenoxy) is 2. The van der Waals surface area contributed by atoms with Crippen molar-refractivity contribution < 1.29 is 14.3 Å². The van der Waals surface area contributed by atoms with Gasteiger partial charge in [-0.25, -0.2) is 0 Å². The van der Waals surface area contributed by atoms with E-state index in [4.69, 9.17) is 9.47 Å². The first-order chi connectivity index (χ1) is 8.68. The van der Waals surface area contributed by atoms with Gasteiger partial charge in [-0.1, -0.05) is 0 Å². The highest BCUT2D eigenvalue weighted by molar-refractivity contribution is 5.81. The normalized spacial score (nSPS) is 28.5. The summed E-state index contributed by atoms with van der Waals surface area (Å²) in [5, 5.41) is 3.41. The van der Waals surface area contributed by atoms with E-state index in [1.165, 1.54) is 7.11 Å². The molecule has 0 aromatic rings. The predicted octanol–water partition coefficient (Wildman–Crippen LogP) is 2.65. The fourth-order valence-corrected chi connectivity index (χ4v) is 2.95. The van der Waals surface area contributed by atoms with Crippen LogP contribution in [0.15, 0.2) is 0 Å². The monoisotopic (exact) mass is 271 g/mol. The minimum Gasteiger partial charge on any atom is -0.468 e. The third kappa shape index (κ3) is 4.77. The van der Waals surface area contributed by atoms with Gasteiger partial charge in [0.2, 0.25) is 0 Å². The van der Waals surface area contributed by atoms with Gasteiger partial charge in [-0.05, 0) is 53.9 Å². The third-order valence-corrected chi connectivity index (χ3v) is 3.37. The predicted molar refractivity (Wildman–Crippen MR) is 76.1 cm³/mol. The van der Waals surface area contributed by atoms with Gasteiger partial charge in [0, 0.05) is 12.5 Å². The van der Waals surface area contributed by atoms with Gasteiger partial charge >= 0.3 is 5.97 Å². The van der Waals surface area contributed by atoms with Gasteiger partial charge in [0.15, 0.2) is 0 Å². The molecule has 0 aliphatic heterocycles. The Morgan fingerprint density at radius 1 is 1.37 bits per heavy atom. The zero-order valence-electron chi connectivity index (χ0n) is 13.2. The zero-order valence-corrected chi connectivity index (χ0v) is 13.2. The summed E-state index contributed by atoms with van der Waals surface area (Å²) in [7, 11) is 1.46. The van der Waals surface area contributed by atoms with Crippen molar-refractivity contribution in [1.82, 2.24) is 5.32 Å². The van der Waals surface area contributed by atoms with Crippen molar-refractivity contribution in [3.05, 3.63) is 0 Å². The number of esters is 1. The lowest BCUT2D eigenvalue weighted by atomic mass is 9.79. The van der Waals surface area contributed by atoms with Crippen molar-refractivity contribution in [3.63, 3.8) is 0 Å². The zero-order chi connectivity index (χ0) is 14.7. The summed E-state index contributed by atoms with van der Waals surface area (Å²) in [4.78, 5) is 12.2. The number of rotatable bonds is 4. The molecular weight excluding hydrogens is 242 g/mol. The van der Waals surface area contributed by atoms with Gasteiger partial charge in [-0.3, -0.25) is 10.1 Å². The third-order valence-electron chi connectivity index (χ3n) is 3.37. The molecule has 4 nitrogen and oxygen atoms in total. The number of hydrogen-bond donors (Lipinski definition) is 1. The van der Waals surface area contributed by atoms with Gasteiger partial charge in [0.1, 0.15) is 5.54 Å². The van der Waals surface area contributed by atoms with Gasteiger partial charge in [0.05, 0.1) is 18.8 Å². The van der Waals surface area contributed by atoms with Crippen LogP contribution in [-0.4, -0.2) is 36.4 Å². The van der Waals surface area contributed by atoms with E-state index in [-0.39, 0.29) is 23.7 Å². The Morgan fingerprint density at radius 2 is 2.00 bits per heavy atom. The molecular formula is C15H29NO3. The molecule has 0 bridgehead atoms. The van der Waals surface area contributed by atoms with Crippen LogP contribution >= 0.6 is 0 Å². The Balaban J connectivity index is 2.83. The molecule has 4 heteroatoms. The SMILES string of the molecule is COC(=O)C1(NC(C)C)CCCC(OC(C)(C)C)C1. The molecule has 2 unspecified atom stereocenters. The van der Waals surface area contributed by atoms with Crippen LogP contribution in [-0.2, 0) is 14.3 Å². The van der Waals surface area contributed by atoms with Crippen LogP contribution in [0.25, 0.3) is 0 Å². The summed E-state index contributed by atoms with van der Waals surface area (Å²) in [6.07, 6.45) is 3.61. The average Bonchev–Trinajstić information content (AvgIpc) is 2.24. The molecule has 0 amide bonds. The van der Waals surface area contributed by atoms with E-state index in [2.05, 4.69) is 39.9 Å². The Hall–Kier alpha value is -0.610. The second-order valence-electron chi connectivity index (χ2n) is 6.82. The Labute approximate surface area is 117 Å². The summed E-state index contributed by atoms with van der Waals surface area (Å²) < 4.78 is 11.1. The number of carbonyl (C=O) groups excluding carboxylic acids is 1. The standard InChI is InChI=1S/C15H29NO3/c1-11(2)16-15(13(17)18-6)9-7-8-12(10-15)19-14(3,4)5/h11-12,16H,7-10H2,1-6H3. The number of nitrogens with one attached hydrogen (secondary N) is 1. The Bertz CT molecular complexity index is 309. The van der Waals surface area contributed by atoms with Crippen molar-refractivity contribution >= 4 is 5.97 Å². The maximum Gasteiger partial charge on any atom is 0.326 e. The number of hydrogen-bond acceptors (Lipinski definition) is 4. The van der Waals surface area contributed by atoms with E-state index in [1.54, 1.807) is 0 Å². The molecule has 1 fully saturated rings. The largest absolute Gasteiger partial charge is 0.468 e. The lowest BCUT2D eigenvalue weighted by molar-refractivity contribution is -0.156. The highest BCUT2D eigenvalue weighted by atomic mass is 16.5. The van der Waals surface area contributed by atoms with Crippen LogP contribution in [0.1, 0.15) is 60.3 Å². The average molecular weight is 271 g/mol. The van der Waals surface area contributed by atoms with Crippen molar-refractivity contribution in [1.29, 1.82) is 0 Å². The maximum absolute atomic E-state index is 12.2. The molecule has 0 spiro atoms. The van der Waals surface area contributed by atoms with Crippen molar-refractivity contribution in [2.24, 2.45) is 0 Å². The maximum atomic E-state index is 12.2. The summed E-state index contributed by atoms with van der Waals surface area (Å²) in [6.45, 7) is 10.3. The summed E-state index contributed by atoms with van der Waals surface area (Å²) in [5.74, 6) is -0.164. The van der Waals surface area contributed by atoms with Gasteiger partial charge < -0.3 is 9.47 Å². The fourth-order valence-electron chi connectivity index (χ4n) is 2.95. The van der Waals surface area contributed by atoms with Crippen LogP contribution < -0.4 is 5.32 Å². The highest BCUT2D eigenvalue weighted by Gasteiger charge is 2.45. The first-order valence-corrected chi connectivity index (χ1v) is 7.22. The van der Waals surface area contributed by atoms with Crippen LogP contribution in [0, 0.1) is 0 Å². The van der Waals surface area contributed by atoms with Crippen LogP contribution in [0.5, 0.6) is 0 Å². The molecule has 112 valence electrons. The minimum absolute atomic E-state index is 0.110. The van der Waals surface area contributed by atoms with Gasteiger partial charge in [-0.15, -0.1) is 0 Å². The Morgan fingerprint density at radius 3 is 2.47 bits per heavy atom. The highest BCUT2D eigenvalue weighted by Crippen LogP contribution is 2.33. The molecule has 0 aromatic heterocycles. The Kier molecular flexibility index (Phi) is 5.39.